The summed E-state index contributed by atoms with van der Waals surface area (Å²) in [6.45, 7) is 8.28. The summed E-state index contributed by atoms with van der Waals surface area (Å²) >= 11 is 0. The SMILES string of the molecule is C=CC(CC/C=C/CC)CC(C/C=C\CC)CCC(CC(=O)O)C(=O)Nc1ccc(C(=O)c2ccccc2)cc1. The number of allylic oxidation sites excluding steroid dienone is 5. The number of rotatable bonds is 19. The first kappa shape index (κ1) is 32.5. The van der Waals surface area contributed by atoms with Gasteiger partial charge in [-0.25, -0.2) is 0 Å². The lowest BCUT2D eigenvalue weighted by atomic mass is 9.83. The molecule has 40 heavy (non-hydrogen) atoms. The molecule has 0 aliphatic heterocycles. The van der Waals surface area contributed by atoms with Crippen LogP contribution in [0.3, 0.4) is 0 Å². The van der Waals surface area contributed by atoms with Crippen molar-refractivity contribution in [2.75, 3.05) is 5.32 Å². The number of benzene rings is 2. The third-order valence-electron chi connectivity index (χ3n) is 7.11. The molecule has 0 radical (unpaired) electrons. The molecule has 2 aromatic rings. The molecule has 0 aliphatic rings. The average Bonchev–Trinajstić information content (AvgIpc) is 2.96. The largest absolute Gasteiger partial charge is 0.481 e. The van der Waals surface area contributed by atoms with Gasteiger partial charge in [0.15, 0.2) is 5.78 Å². The first-order valence-electron chi connectivity index (χ1n) is 14.5. The molecule has 0 saturated carbocycles. The Morgan fingerprint density at radius 1 is 0.850 bits per heavy atom. The quantitative estimate of drug-likeness (QED) is 0.137. The Morgan fingerprint density at radius 3 is 2.12 bits per heavy atom. The Balaban J connectivity index is 2.05. The minimum Gasteiger partial charge on any atom is -0.481 e. The number of aliphatic carboxylic acids is 1. The summed E-state index contributed by atoms with van der Waals surface area (Å²) in [6.07, 6.45) is 17.8. The zero-order valence-corrected chi connectivity index (χ0v) is 24.1. The van der Waals surface area contributed by atoms with Crippen molar-refractivity contribution in [3.05, 3.63) is 103 Å². The average molecular weight is 544 g/mol. The van der Waals surface area contributed by atoms with Gasteiger partial charge in [0.1, 0.15) is 0 Å². The third kappa shape index (κ3) is 12.0. The highest BCUT2D eigenvalue weighted by Crippen LogP contribution is 2.28. The van der Waals surface area contributed by atoms with Crippen LogP contribution in [0.15, 0.2) is 91.6 Å². The fraction of sp³-hybridized carbons (Fsp3) is 0.400. The van der Waals surface area contributed by atoms with E-state index in [4.69, 9.17) is 0 Å². The van der Waals surface area contributed by atoms with Gasteiger partial charge in [0.05, 0.1) is 6.42 Å². The zero-order chi connectivity index (χ0) is 29.2. The van der Waals surface area contributed by atoms with Crippen molar-refractivity contribution in [1.82, 2.24) is 0 Å². The Labute approximate surface area is 240 Å². The lowest BCUT2D eigenvalue weighted by molar-refractivity contribution is -0.140. The van der Waals surface area contributed by atoms with Crippen LogP contribution in [0.25, 0.3) is 0 Å². The summed E-state index contributed by atoms with van der Waals surface area (Å²) in [5, 5.41) is 12.4. The maximum Gasteiger partial charge on any atom is 0.304 e. The van der Waals surface area contributed by atoms with Crippen LogP contribution < -0.4 is 5.32 Å². The van der Waals surface area contributed by atoms with Crippen molar-refractivity contribution in [1.29, 1.82) is 0 Å². The minimum atomic E-state index is -0.988. The van der Waals surface area contributed by atoms with E-state index in [0.717, 1.165) is 44.9 Å². The summed E-state index contributed by atoms with van der Waals surface area (Å²) in [6, 6.07) is 15.8. The number of carboxylic acids is 1. The number of carbonyl (C=O) groups is 3. The maximum atomic E-state index is 13.2. The van der Waals surface area contributed by atoms with Gasteiger partial charge in [-0.2, -0.15) is 0 Å². The maximum absolute atomic E-state index is 13.2. The number of ketones is 1. The molecule has 2 rings (SSSR count). The molecule has 3 atom stereocenters. The fourth-order valence-electron chi connectivity index (χ4n) is 4.82. The Kier molecular flexibility index (Phi) is 15.1. The van der Waals surface area contributed by atoms with E-state index in [-0.39, 0.29) is 18.1 Å². The van der Waals surface area contributed by atoms with Crippen molar-refractivity contribution < 1.29 is 19.5 Å². The van der Waals surface area contributed by atoms with Crippen molar-refractivity contribution in [2.24, 2.45) is 17.8 Å². The highest BCUT2D eigenvalue weighted by atomic mass is 16.4. The molecular formula is C35H45NO4. The van der Waals surface area contributed by atoms with E-state index >= 15 is 0 Å². The molecule has 2 aromatic carbocycles. The van der Waals surface area contributed by atoms with Crippen molar-refractivity contribution in [2.45, 2.75) is 71.6 Å². The number of amides is 1. The van der Waals surface area contributed by atoms with E-state index in [1.807, 2.05) is 24.3 Å². The van der Waals surface area contributed by atoms with Crippen LogP contribution in [0.4, 0.5) is 5.69 Å². The molecule has 0 spiro atoms. The zero-order valence-electron chi connectivity index (χ0n) is 24.1. The molecule has 1 amide bonds. The topological polar surface area (TPSA) is 83.5 Å². The summed E-state index contributed by atoms with van der Waals surface area (Å²) in [5.41, 5.74) is 1.66. The molecule has 0 bridgehead atoms. The van der Waals surface area contributed by atoms with Gasteiger partial charge in [0.25, 0.3) is 0 Å². The smallest absolute Gasteiger partial charge is 0.304 e. The van der Waals surface area contributed by atoms with Gasteiger partial charge in [-0.3, -0.25) is 14.4 Å². The van der Waals surface area contributed by atoms with Gasteiger partial charge in [0.2, 0.25) is 5.91 Å². The van der Waals surface area contributed by atoms with Gasteiger partial charge in [-0.05, 0) is 87.5 Å². The number of hydrogen-bond donors (Lipinski definition) is 2. The summed E-state index contributed by atoms with van der Waals surface area (Å²) in [7, 11) is 0. The number of hydrogen-bond acceptors (Lipinski definition) is 3. The summed E-state index contributed by atoms with van der Waals surface area (Å²) in [4.78, 5) is 37.5. The molecule has 5 heteroatoms. The van der Waals surface area contributed by atoms with Crippen LogP contribution >= 0.6 is 0 Å². The Hall–Kier alpha value is -3.73. The molecular weight excluding hydrogens is 498 g/mol. The highest BCUT2D eigenvalue weighted by Gasteiger charge is 2.24. The first-order valence-corrected chi connectivity index (χ1v) is 14.5. The summed E-state index contributed by atoms with van der Waals surface area (Å²) < 4.78 is 0. The van der Waals surface area contributed by atoms with Crippen molar-refractivity contribution in [3.8, 4) is 0 Å². The third-order valence-corrected chi connectivity index (χ3v) is 7.11. The first-order chi connectivity index (χ1) is 19.4. The van der Waals surface area contributed by atoms with Crippen LogP contribution in [0.1, 0.15) is 87.6 Å². The second kappa shape index (κ2) is 18.5. The molecule has 2 N–H and O–H groups in total. The Bertz CT molecular complexity index is 1120. The van der Waals surface area contributed by atoms with Gasteiger partial charge in [-0.15, -0.1) is 6.58 Å². The molecule has 3 unspecified atom stereocenters. The monoisotopic (exact) mass is 543 g/mol. The molecule has 5 nitrogen and oxygen atoms in total. The van der Waals surface area contributed by atoms with Crippen LogP contribution in [-0.2, 0) is 9.59 Å². The minimum absolute atomic E-state index is 0.0930. The number of carbonyl (C=O) groups excluding carboxylic acids is 2. The van der Waals surface area contributed by atoms with E-state index in [9.17, 15) is 19.5 Å². The molecule has 0 fully saturated rings. The van der Waals surface area contributed by atoms with Gasteiger partial charge < -0.3 is 10.4 Å². The normalized spacial score (nSPS) is 13.7. The van der Waals surface area contributed by atoms with E-state index in [1.54, 1.807) is 36.4 Å². The molecule has 0 saturated heterocycles. The molecule has 0 aliphatic carbocycles. The van der Waals surface area contributed by atoms with Crippen LogP contribution in [0.5, 0.6) is 0 Å². The van der Waals surface area contributed by atoms with Crippen LogP contribution in [0.2, 0.25) is 0 Å². The van der Waals surface area contributed by atoms with Gasteiger partial charge in [0, 0.05) is 22.7 Å². The molecule has 0 aromatic heterocycles. The van der Waals surface area contributed by atoms with Gasteiger partial charge >= 0.3 is 5.97 Å². The second-order valence-electron chi connectivity index (χ2n) is 10.3. The van der Waals surface area contributed by atoms with Gasteiger partial charge in [-0.1, -0.05) is 74.6 Å². The number of anilines is 1. The Morgan fingerprint density at radius 2 is 1.50 bits per heavy atom. The van der Waals surface area contributed by atoms with E-state index in [2.05, 4.69) is 50.0 Å². The molecule has 214 valence electrons. The molecule has 0 heterocycles. The van der Waals surface area contributed by atoms with E-state index in [1.165, 1.54) is 0 Å². The fourth-order valence-corrected chi connectivity index (χ4v) is 4.82. The summed E-state index contributed by atoms with van der Waals surface area (Å²) in [5.74, 6) is -1.31. The van der Waals surface area contributed by atoms with Crippen LogP contribution in [-0.4, -0.2) is 22.8 Å². The van der Waals surface area contributed by atoms with E-state index in [0.29, 0.717) is 35.1 Å². The predicted molar refractivity (Wildman–Crippen MR) is 164 cm³/mol. The van der Waals surface area contributed by atoms with Crippen LogP contribution in [0, 0.1) is 17.8 Å². The standard InChI is InChI=1S/C35H45NO4/c1-4-7-9-12-15-27(6-3)25-28(16-11-8-5-2)19-20-31(26-33(37)38)35(40)36-32-23-21-30(22-24-32)34(39)29-17-13-10-14-18-29/h6-11,13-14,17-18,21-24,27-28,31H,3-5,12,15-16,19-20,25-26H2,1-2H3,(H,36,40)(H,37,38)/b9-7+,11-8-. The van der Waals surface area contributed by atoms with Crippen molar-refractivity contribution in [3.63, 3.8) is 0 Å². The predicted octanol–water partition coefficient (Wildman–Crippen LogP) is 8.64. The lowest BCUT2D eigenvalue weighted by Gasteiger charge is -2.23. The number of carboxylic acid groups (broad SMARTS) is 1. The second-order valence-corrected chi connectivity index (χ2v) is 10.3. The van der Waals surface area contributed by atoms with E-state index < -0.39 is 11.9 Å². The van der Waals surface area contributed by atoms with Crippen molar-refractivity contribution >= 4 is 23.3 Å². The highest BCUT2D eigenvalue weighted by molar-refractivity contribution is 6.09. The lowest BCUT2D eigenvalue weighted by Crippen LogP contribution is -2.26. The number of nitrogens with one attached hydrogen (secondary N) is 1.